The minimum atomic E-state index is -0.141. The van der Waals surface area contributed by atoms with E-state index in [4.69, 9.17) is 0 Å². The SMILES string of the molecule is CC(=O)Nc1cccc(NC(=O)c2csc(C)c2C)c1. The summed E-state index contributed by atoms with van der Waals surface area (Å²) in [6.07, 6.45) is 0. The summed E-state index contributed by atoms with van der Waals surface area (Å²) in [4.78, 5) is 24.3. The topological polar surface area (TPSA) is 58.2 Å². The Labute approximate surface area is 121 Å². The maximum absolute atomic E-state index is 12.2. The lowest BCUT2D eigenvalue weighted by Gasteiger charge is -2.07. The molecule has 1 aromatic heterocycles. The maximum atomic E-state index is 12.2. The first-order valence-electron chi connectivity index (χ1n) is 6.21. The monoisotopic (exact) mass is 288 g/mol. The van der Waals surface area contributed by atoms with Crippen LogP contribution in [-0.4, -0.2) is 11.8 Å². The van der Waals surface area contributed by atoms with Gasteiger partial charge in [-0.3, -0.25) is 9.59 Å². The van der Waals surface area contributed by atoms with Crippen LogP contribution in [0, 0.1) is 13.8 Å². The smallest absolute Gasteiger partial charge is 0.256 e. The van der Waals surface area contributed by atoms with E-state index in [9.17, 15) is 9.59 Å². The highest BCUT2D eigenvalue weighted by Crippen LogP contribution is 2.22. The minimum absolute atomic E-state index is 0.133. The Morgan fingerprint density at radius 2 is 1.75 bits per heavy atom. The maximum Gasteiger partial charge on any atom is 0.256 e. The standard InChI is InChI=1S/C15H16N2O2S/c1-9-10(2)20-8-14(9)15(19)17-13-6-4-5-12(7-13)16-11(3)18/h4-8H,1-3H3,(H,16,18)(H,17,19). The van der Waals surface area contributed by atoms with Gasteiger partial charge in [-0.1, -0.05) is 6.07 Å². The molecule has 0 radical (unpaired) electrons. The van der Waals surface area contributed by atoms with E-state index in [1.807, 2.05) is 19.2 Å². The molecule has 104 valence electrons. The van der Waals surface area contributed by atoms with Crippen molar-refractivity contribution in [1.29, 1.82) is 0 Å². The van der Waals surface area contributed by atoms with Crippen LogP contribution in [0.25, 0.3) is 0 Å². The summed E-state index contributed by atoms with van der Waals surface area (Å²) in [5.74, 6) is -0.274. The average Bonchev–Trinajstić information content (AvgIpc) is 2.69. The third-order valence-corrected chi connectivity index (χ3v) is 3.98. The second kappa shape index (κ2) is 5.88. The fraction of sp³-hybridized carbons (Fsp3) is 0.200. The lowest BCUT2D eigenvalue weighted by molar-refractivity contribution is -0.114. The molecular weight excluding hydrogens is 272 g/mol. The van der Waals surface area contributed by atoms with Crippen molar-refractivity contribution in [3.8, 4) is 0 Å². The van der Waals surface area contributed by atoms with Gasteiger partial charge in [0.05, 0.1) is 5.56 Å². The van der Waals surface area contributed by atoms with Crippen LogP contribution < -0.4 is 10.6 Å². The molecule has 0 spiro atoms. The molecule has 0 aliphatic heterocycles. The molecule has 1 aromatic carbocycles. The van der Waals surface area contributed by atoms with Crippen molar-refractivity contribution in [2.45, 2.75) is 20.8 Å². The quantitative estimate of drug-likeness (QED) is 0.907. The summed E-state index contributed by atoms with van der Waals surface area (Å²) < 4.78 is 0. The summed E-state index contributed by atoms with van der Waals surface area (Å²) in [6, 6.07) is 7.08. The number of nitrogens with one attached hydrogen (secondary N) is 2. The van der Waals surface area contributed by atoms with E-state index in [0.717, 1.165) is 10.4 Å². The van der Waals surface area contributed by atoms with E-state index < -0.39 is 0 Å². The first kappa shape index (κ1) is 14.3. The van der Waals surface area contributed by atoms with Crippen LogP contribution in [0.5, 0.6) is 0 Å². The number of thiophene rings is 1. The Morgan fingerprint density at radius 3 is 2.30 bits per heavy atom. The molecule has 20 heavy (non-hydrogen) atoms. The number of carbonyl (C=O) groups is 2. The number of carbonyl (C=O) groups excluding carboxylic acids is 2. The van der Waals surface area contributed by atoms with E-state index in [1.54, 1.807) is 35.6 Å². The van der Waals surface area contributed by atoms with Gasteiger partial charge in [0, 0.05) is 28.6 Å². The van der Waals surface area contributed by atoms with E-state index in [-0.39, 0.29) is 11.8 Å². The van der Waals surface area contributed by atoms with Gasteiger partial charge in [-0.2, -0.15) is 0 Å². The van der Waals surface area contributed by atoms with Crippen molar-refractivity contribution in [1.82, 2.24) is 0 Å². The molecule has 5 heteroatoms. The first-order chi connectivity index (χ1) is 9.47. The van der Waals surface area contributed by atoms with Crippen LogP contribution in [0.1, 0.15) is 27.7 Å². The molecule has 2 N–H and O–H groups in total. The molecule has 2 rings (SSSR count). The zero-order chi connectivity index (χ0) is 14.7. The van der Waals surface area contributed by atoms with Gasteiger partial charge in [-0.15, -0.1) is 11.3 Å². The van der Waals surface area contributed by atoms with E-state index in [0.29, 0.717) is 16.9 Å². The Morgan fingerprint density at radius 1 is 1.10 bits per heavy atom. The highest BCUT2D eigenvalue weighted by Gasteiger charge is 2.12. The van der Waals surface area contributed by atoms with Crippen LogP contribution in [0.4, 0.5) is 11.4 Å². The van der Waals surface area contributed by atoms with Gasteiger partial charge in [-0.05, 0) is 37.6 Å². The summed E-state index contributed by atoms with van der Waals surface area (Å²) in [6.45, 7) is 5.38. The summed E-state index contributed by atoms with van der Waals surface area (Å²) in [7, 11) is 0. The van der Waals surface area contributed by atoms with Crippen LogP contribution >= 0.6 is 11.3 Å². The van der Waals surface area contributed by atoms with Crippen LogP contribution in [0.3, 0.4) is 0 Å². The van der Waals surface area contributed by atoms with E-state index >= 15 is 0 Å². The molecule has 0 fully saturated rings. The molecule has 0 aliphatic rings. The Hall–Kier alpha value is -2.14. The molecule has 2 aromatic rings. The first-order valence-corrected chi connectivity index (χ1v) is 7.09. The molecule has 0 saturated heterocycles. The van der Waals surface area contributed by atoms with Gasteiger partial charge in [0.25, 0.3) is 5.91 Å². The molecule has 0 bridgehead atoms. The van der Waals surface area contributed by atoms with Crippen LogP contribution in [-0.2, 0) is 4.79 Å². The number of anilines is 2. The normalized spacial score (nSPS) is 10.2. The number of amides is 2. The number of hydrogen-bond acceptors (Lipinski definition) is 3. The number of benzene rings is 1. The Balaban J connectivity index is 2.15. The molecule has 2 amide bonds. The van der Waals surface area contributed by atoms with Crippen molar-refractivity contribution in [2.24, 2.45) is 0 Å². The lowest BCUT2D eigenvalue weighted by atomic mass is 10.1. The molecule has 0 aliphatic carbocycles. The predicted molar refractivity (Wildman–Crippen MR) is 82.5 cm³/mol. The number of hydrogen-bond donors (Lipinski definition) is 2. The van der Waals surface area contributed by atoms with Crippen LogP contribution in [0.2, 0.25) is 0 Å². The van der Waals surface area contributed by atoms with Gasteiger partial charge in [0.2, 0.25) is 5.91 Å². The third kappa shape index (κ3) is 3.24. The molecule has 0 saturated carbocycles. The van der Waals surface area contributed by atoms with Gasteiger partial charge in [0.1, 0.15) is 0 Å². The predicted octanol–water partition coefficient (Wildman–Crippen LogP) is 3.58. The van der Waals surface area contributed by atoms with Crippen molar-refractivity contribution in [2.75, 3.05) is 10.6 Å². The number of rotatable bonds is 3. The third-order valence-electron chi connectivity index (χ3n) is 2.97. The van der Waals surface area contributed by atoms with Crippen LogP contribution in [0.15, 0.2) is 29.6 Å². The highest BCUT2D eigenvalue weighted by molar-refractivity contribution is 7.10. The Bertz CT molecular complexity index is 662. The van der Waals surface area contributed by atoms with Gasteiger partial charge in [-0.25, -0.2) is 0 Å². The average molecular weight is 288 g/mol. The lowest BCUT2D eigenvalue weighted by Crippen LogP contribution is -2.13. The zero-order valence-corrected chi connectivity index (χ0v) is 12.4. The highest BCUT2D eigenvalue weighted by atomic mass is 32.1. The molecule has 1 heterocycles. The van der Waals surface area contributed by atoms with E-state index in [2.05, 4.69) is 10.6 Å². The molecular formula is C15H16N2O2S. The summed E-state index contributed by atoms with van der Waals surface area (Å²) in [5, 5.41) is 7.39. The van der Waals surface area contributed by atoms with Gasteiger partial charge >= 0.3 is 0 Å². The molecule has 0 unspecified atom stereocenters. The van der Waals surface area contributed by atoms with Crippen molar-refractivity contribution in [3.63, 3.8) is 0 Å². The van der Waals surface area contributed by atoms with Gasteiger partial charge in [0.15, 0.2) is 0 Å². The number of aryl methyl sites for hydroxylation is 1. The van der Waals surface area contributed by atoms with Crippen molar-refractivity contribution in [3.05, 3.63) is 45.6 Å². The van der Waals surface area contributed by atoms with Gasteiger partial charge < -0.3 is 10.6 Å². The fourth-order valence-corrected chi connectivity index (χ4v) is 2.68. The fourth-order valence-electron chi connectivity index (χ4n) is 1.81. The summed E-state index contributed by atoms with van der Waals surface area (Å²) >= 11 is 1.56. The van der Waals surface area contributed by atoms with E-state index in [1.165, 1.54) is 6.92 Å². The largest absolute Gasteiger partial charge is 0.326 e. The zero-order valence-electron chi connectivity index (χ0n) is 11.6. The summed E-state index contributed by atoms with van der Waals surface area (Å²) in [5.41, 5.74) is 3.01. The molecule has 0 atom stereocenters. The van der Waals surface area contributed by atoms with Crippen molar-refractivity contribution >= 4 is 34.5 Å². The second-order valence-corrected chi connectivity index (χ2v) is 5.63. The minimum Gasteiger partial charge on any atom is -0.326 e. The molecule has 4 nitrogen and oxygen atoms in total. The van der Waals surface area contributed by atoms with Crippen molar-refractivity contribution < 1.29 is 9.59 Å². The second-order valence-electron chi connectivity index (χ2n) is 4.55. The Kier molecular flexibility index (Phi) is 4.20.